The van der Waals surface area contributed by atoms with E-state index >= 15 is 0 Å². The summed E-state index contributed by atoms with van der Waals surface area (Å²) in [6.07, 6.45) is 0. The summed E-state index contributed by atoms with van der Waals surface area (Å²) in [4.78, 5) is 10.2. The van der Waals surface area contributed by atoms with Crippen molar-refractivity contribution in [3.8, 4) is 5.75 Å². The number of nitrogens with one attached hydrogen (secondary N) is 1. The molecule has 0 radical (unpaired) electrons. The Labute approximate surface area is 115 Å². The number of nitrogens with zero attached hydrogens (tertiary/aromatic N) is 1. The largest absolute Gasteiger partial charge is 0.494 e. The number of nitro groups is 1. The first-order valence-electron chi connectivity index (χ1n) is 5.87. The van der Waals surface area contributed by atoms with Crippen LogP contribution in [0, 0.1) is 10.1 Å². The van der Waals surface area contributed by atoms with E-state index in [1.807, 2.05) is 31.2 Å². The minimum Gasteiger partial charge on any atom is -0.494 e. The lowest BCUT2D eigenvalue weighted by Gasteiger charge is -2.07. The Kier molecular flexibility index (Phi) is 4.35. The van der Waals surface area contributed by atoms with Gasteiger partial charge in [-0.1, -0.05) is 17.4 Å². The van der Waals surface area contributed by atoms with Crippen LogP contribution in [-0.2, 0) is 6.54 Å². The van der Waals surface area contributed by atoms with Crippen LogP contribution in [0.25, 0.3) is 0 Å². The Morgan fingerprint density at radius 2 is 2.26 bits per heavy atom. The fourth-order valence-electron chi connectivity index (χ4n) is 1.62. The van der Waals surface area contributed by atoms with Crippen molar-refractivity contribution in [3.05, 3.63) is 51.4 Å². The van der Waals surface area contributed by atoms with E-state index in [0.29, 0.717) is 13.2 Å². The van der Waals surface area contributed by atoms with Gasteiger partial charge >= 0.3 is 5.00 Å². The average molecular weight is 278 g/mol. The number of hydrogen-bond donors (Lipinski definition) is 1. The molecule has 0 amide bonds. The third-order valence-electron chi connectivity index (χ3n) is 2.46. The van der Waals surface area contributed by atoms with E-state index in [4.69, 9.17) is 4.74 Å². The van der Waals surface area contributed by atoms with E-state index in [2.05, 4.69) is 5.32 Å². The lowest BCUT2D eigenvalue weighted by Crippen LogP contribution is -1.99. The van der Waals surface area contributed by atoms with Crippen molar-refractivity contribution in [3.63, 3.8) is 0 Å². The fourth-order valence-corrected chi connectivity index (χ4v) is 2.35. The molecule has 0 unspecified atom stereocenters. The molecule has 0 aliphatic carbocycles. The maximum atomic E-state index is 10.6. The molecule has 1 aromatic heterocycles. The SMILES string of the molecule is CCOc1cccc(NCc2csc([N+](=O)[O-])c2)c1. The molecule has 1 aromatic carbocycles. The van der Waals surface area contributed by atoms with Crippen LogP contribution >= 0.6 is 11.3 Å². The minimum atomic E-state index is -0.371. The Morgan fingerprint density at radius 3 is 2.95 bits per heavy atom. The second-order valence-corrected chi connectivity index (χ2v) is 4.75. The topological polar surface area (TPSA) is 64.4 Å². The van der Waals surface area contributed by atoms with Gasteiger partial charge in [-0.05, 0) is 24.6 Å². The number of ether oxygens (including phenoxy) is 1. The smallest absolute Gasteiger partial charge is 0.324 e. The van der Waals surface area contributed by atoms with Crippen molar-refractivity contribution in [2.45, 2.75) is 13.5 Å². The molecule has 100 valence electrons. The molecule has 0 saturated carbocycles. The van der Waals surface area contributed by atoms with Gasteiger partial charge in [0.2, 0.25) is 0 Å². The molecule has 6 heteroatoms. The number of rotatable bonds is 6. The highest BCUT2D eigenvalue weighted by Crippen LogP contribution is 2.24. The zero-order valence-corrected chi connectivity index (χ0v) is 11.3. The highest BCUT2D eigenvalue weighted by molar-refractivity contribution is 7.13. The standard InChI is InChI=1S/C13H14N2O3S/c1-2-18-12-5-3-4-11(7-12)14-8-10-6-13(15(16)17)19-9-10/h3-7,9,14H,2,8H2,1H3. The predicted molar refractivity (Wildman–Crippen MR) is 75.9 cm³/mol. The maximum absolute atomic E-state index is 10.6. The van der Waals surface area contributed by atoms with Crippen molar-refractivity contribution in [2.24, 2.45) is 0 Å². The molecule has 1 N–H and O–H groups in total. The number of hydrogen-bond acceptors (Lipinski definition) is 5. The van der Waals surface area contributed by atoms with Crippen LogP contribution in [0.3, 0.4) is 0 Å². The molecule has 0 bridgehead atoms. The summed E-state index contributed by atoms with van der Waals surface area (Å²) in [7, 11) is 0. The zero-order chi connectivity index (χ0) is 13.7. The van der Waals surface area contributed by atoms with Gasteiger partial charge in [0.25, 0.3) is 0 Å². The Bertz CT molecular complexity index is 569. The van der Waals surface area contributed by atoms with E-state index in [0.717, 1.165) is 28.3 Å². The molecule has 0 fully saturated rings. The van der Waals surface area contributed by atoms with Crippen molar-refractivity contribution in [1.29, 1.82) is 0 Å². The van der Waals surface area contributed by atoms with Crippen molar-refractivity contribution in [2.75, 3.05) is 11.9 Å². The van der Waals surface area contributed by atoms with E-state index < -0.39 is 0 Å². The van der Waals surface area contributed by atoms with Gasteiger partial charge in [-0.15, -0.1) is 0 Å². The van der Waals surface area contributed by atoms with Crippen molar-refractivity contribution < 1.29 is 9.66 Å². The molecule has 19 heavy (non-hydrogen) atoms. The molecule has 5 nitrogen and oxygen atoms in total. The number of benzene rings is 1. The van der Waals surface area contributed by atoms with Crippen LogP contribution < -0.4 is 10.1 Å². The molecule has 2 rings (SSSR count). The summed E-state index contributed by atoms with van der Waals surface area (Å²) in [5, 5.41) is 15.8. The quantitative estimate of drug-likeness (QED) is 0.647. The summed E-state index contributed by atoms with van der Waals surface area (Å²) in [5.41, 5.74) is 1.83. The molecular formula is C13H14N2O3S. The monoisotopic (exact) mass is 278 g/mol. The van der Waals surface area contributed by atoms with Gasteiger partial charge in [-0.3, -0.25) is 10.1 Å². The van der Waals surface area contributed by atoms with Crippen LogP contribution in [0.15, 0.2) is 35.7 Å². The lowest BCUT2D eigenvalue weighted by atomic mass is 10.2. The van der Waals surface area contributed by atoms with Crippen LogP contribution in [0.4, 0.5) is 10.7 Å². The molecule has 0 aliphatic heterocycles. The van der Waals surface area contributed by atoms with Crippen LogP contribution in [0.5, 0.6) is 5.75 Å². The first kappa shape index (κ1) is 13.4. The highest BCUT2D eigenvalue weighted by atomic mass is 32.1. The summed E-state index contributed by atoms with van der Waals surface area (Å²) in [5.74, 6) is 0.809. The summed E-state index contributed by atoms with van der Waals surface area (Å²) in [6.45, 7) is 3.12. The Morgan fingerprint density at radius 1 is 1.42 bits per heavy atom. The molecule has 0 spiro atoms. The minimum absolute atomic E-state index is 0.167. The Balaban J connectivity index is 1.97. The first-order valence-corrected chi connectivity index (χ1v) is 6.75. The molecule has 0 aliphatic rings. The van der Waals surface area contributed by atoms with Gasteiger partial charge in [0.05, 0.1) is 11.5 Å². The average Bonchev–Trinajstić information content (AvgIpc) is 2.86. The summed E-state index contributed by atoms with van der Waals surface area (Å²) >= 11 is 1.14. The molecule has 2 aromatic rings. The second-order valence-electron chi connectivity index (χ2n) is 3.86. The van der Waals surface area contributed by atoms with Crippen molar-refractivity contribution in [1.82, 2.24) is 0 Å². The van der Waals surface area contributed by atoms with E-state index in [9.17, 15) is 10.1 Å². The first-order chi connectivity index (χ1) is 9.19. The van der Waals surface area contributed by atoms with Crippen LogP contribution in [-0.4, -0.2) is 11.5 Å². The van der Waals surface area contributed by atoms with E-state index in [-0.39, 0.29) is 9.92 Å². The second kappa shape index (κ2) is 6.19. The Hall–Kier alpha value is -2.08. The van der Waals surface area contributed by atoms with Crippen molar-refractivity contribution >= 4 is 22.0 Å². The normalized spacial score (nSPS) is 10.2. The summed E-state index contributed by atoms with van der Waals surface area (Å²) < 4.78 is 5.41. The number of thiophene rings is 1. The maximum Gasteiger partial charge on any atom is 0.324 e. The molecule has 1 heterocycles. The van der Waals surface area contributed by atoms with Crippen LogP contribution in [0.1, 0.15) is 12.5 Å². The lowest BCUT2D eigenvalue weighted by molar-refractivity contribution is -0.380. The van der Waals surface area contributed by atoms with E-state index in [1.54, 1.807) is 11.4 Å². The van der Waals surface area contributed by atoms with Gasteiger partial charge in [-0.25, -0.2) is 0 Å². The molecule has 0 saturated heterocycles. The summed E-state index contributed by atoms with van der Waals surface area (Å²) in [6, 6.07) is 9.23. The third kappa shape index (κ3) is 3.69. The van der Waals surface area contributed by atoms with Gasteiger partial charge < -0.3 is 10.1 Å². The number of anilines is 1. The fraction of sp³-hybridized carbons (Fsp3) is 0.231. The third-order valence-corrected chi connectivity index (χ3v) is 3.39. The van der Waals surface area contributed by atoms with Gasteiger partial charge in [0, 0.05) is 29.7 Å². The van der Waals surface area contributed by atoms with Gasteiger partial charge in [0.1, 0.15) is 5.75 Å². The van der Waals surface area contributed by atoms with Gasteiger partial charge in [0.15, 0.2) is 0 Å². The molecular weight excluding hydrogens is 264 g/mol. The zero-order valence-electron chi connectivity index (χ0n) is 10.5. The van der Waals surface area contributed by atoms with Gasteiger partial charge in [-0.2, -0.15) is 0 Å². The van der Waals surface area contributed by atoms with E-state index in [1.165, 1.54) is 0 Å². The molecule has 0 atom stereocenters. The van der Waals surface area contributed by atoms with Crippen LogP contribution in [0.2, 0.25) is 0 Å². The predicted octanol–water partition coefficient (Wildman–Crippen LogP) is 3.67. The highest BCUT2D eigenvalue weighted by Gasteiger charge is 2.09.